The van der Waals surface area contributed by atoms with Gasteiger partial charge in [0, 0.05) is 6.54 Å². The number of ether oxygens (including phenoxy) is 1. The van der Waals surface area contributed by atoms with Gasteiger partial charge in [-0.2, -0.15) is 0 Å². The van der Waals surface area contributed by atoms with Crippen LogP contribution in [0.4, 0.5) is 0 Å². The van der Waals surface area contributed by atoms with Gasteiger partial charge in [0.05, 0.1) is 0 Å². The van der Waals surface area contributed by atoms with Crippen molar-refractivity contribution in [3.05, 3.63) is 66.2 Å². The number of hydrogen-bond donors (Lipinski definition) is 1. The Morgan fingerprint density at radius 1 is 1.05 bits per heavy atom. The summed E-state index contributed by atoms with van der Waals surface area (Å²) in [5.41, 5.74) is 1.08. The zero-order chi connectivity index (χ0) is 14.2. The molecular formula is C17H19NO2. The Morgan fingerprint density at radius 2 is 1.65 bits per heavy atom. The number of carbonyl (C=O) groups excluding carboxylic acids is 1. The molecule has 0 saturated carbocycles. The first-order valence-electron chi connectivity index (χ1n) is 6.83. The quantitative estimate of drug-likeness (QED) is 0.874. The summed E-state index contributed by atoms with van der Waals surface area (Å²) in [6.45, 7) is 2.46. The molecule has 2 rings (SSSR count). The Labute approximate surface area is 119 Å². The van der Waals surface area contributed by atoms with Crippen LogP contribution >= 0.6 is 0 Å². The van der Waals surface area contributed by atoms with Gasteiger partial charge in [-0.1, -0.05) is 55.5 Å². The van der Waals surface area contributed by atoms with Gasteiger partial charge in [-0.15, -0.1) is 0 Å². The molecule has 3 heteroatoms. The standard InChI is InChI=1S/C17H19NO2/c1-2-16(20-15-11-7-4-8-12-15)17(19)18-13-14-9-5-3-6-10-14/h3-12,16H,2,13H2,1H3,(H,18,19). The highest BCUT2D eigenvalue weighted by molar-refractivity contribution is 5.81. The van der Waals surface area contributed by atoms with Crippen LogP contribution in [-0.2, 0) is 11.3 Å². The second-order valence-electron chi connectivity index (χ2n) is 4.53. The van der Waals surface area contributed by atoms with Gasteiger partial charge < -0.3 is 10.1 Å². The van der Waals surface area contributed by atoms with E-state index in [-0.39, 0.29) is 5.91 Å². The summed E-state index contributed by atoms with van der Waals surface area (Å²) >= 11 is 0. The lowest BCUT2D eigenvalue weighted by Gasteiger charge is -2.17. The summed E-state index contributed by atoms with van der Waals surface area (Å²) < 4.78 is 5.70. The number of nitrogens with one attached hydrogen (secondary N) is 1. The average Bonchev–Trinajstić information content (AvgIpc) is 2.52. The Morgan fingerprint density at radius 3 is 2.25 bits per heavy atom. The first-order valence-corrected chi connectivity index (χ1v) is 6.83. The highest BCUT2D eigenvalue weighted by Gasteiger charge is 2.17. The lowest BCUT2D eigenvalue weighted by atomic mass is 10.2. The molecule has 2 aromatic rings. The second-order valence-corrected chi connectivity index (χ2v) is 4.53. The SMILES string of the molecule is CCC(Oc1ccccc1)C(=O)NCc1ccccc1. The van der Waals surface area contributed by atoms with Crippen LogP contribution in [0.1, 0.15) is 18.9 Å². The van der Waals surface area contributed by atoms with Crippen LogP contribution in [0.2, 0.25) is 0 Å². The molecule has 0 radical (unpaired) electrons. The predicted octanol–water partition coefficient (Wildman–Crippen LogP) is 3.16. The maximum absolute atomic E-state index is 12.1. The van der Waals surface area contributed by atoms with E-state index in [2.05, 4.69) is 5.32 Å². The Hall–Kier alpha value is -2.29. The first kappa shape index (κ1) is 14.1. The second kappa shape index (κ2) is 7.34. The largest absolute Gasteiger partial charge is 0.481 e. The van der Waals surface area contributed by atoms with E-state index < -0.39 is 6.10 Å². The summed E-state index contributed by atoms with van der Waals surface area (Å²) in [6, 6.07) is 19.3. The monoisotopic (exact) mass is 269 g/mol. The summed E-state index contributed by atoms with van der Waals surface area (Å²) in [6.07, 6.45) is 0.177. The van der Waals surface area contributed by atoms with Gasteiger partial charge >= 0.3 is 0 Å². The first-order chi connectivity index (χ1) is 9.79. The van der Waals surface area contributed by atoms with Crippen LogP contribution in [0, 0.1) is 0 Å². The van der Waals surface area contributed by atoms with Gasteiger partial charge in [0.15, 0.2) is 6.10 Å². The van der Waals surface area contributed by atoms with E-state index in [1.165, 1.54) is 0 Å². The summed E-state index contributed by atoms with van der Waals surface area (Å²) in [7, 11) is 0. The number of para-hydroxylation sites is 1. The third-order valence-electron chi connectivity index (χ3n) is 2.99. The molecule has 0 bridgehead atoms. The minimum atomic E-state index is -0.457. The van der Waals surface area contributed by atoms with Crippen molar-refractivity contribution >= 4 is 5.91 Å². The zero-order valence-electron chi connectivity index (χ0n) is 11.6. The van der Waals surface area contributed by atoms with Gasteiger partial charge in [-0.25, -0.2) is 0 Å². The van der Waals surface area contributed by atoms with E-state index in [0.717, 1.165) is 5.56 Å². The predicted molar refractivity (Wildman–Crippen MR) is 79.4 cm³/mol. The lowest BCUT2D eigenvalue weighted by molar-refractivity contribution is -0.128. The van der Waals surface area contributed by atoms with Gasteiger partial charge in [0.1, 0.15) is 5.75 Å². The molecule has 0 aliphatic rings. The molecule has 3 nitrogen and oxygen atoms in total. The van der Waals surface area contributed by atoms with Crippen molar-refractivity contribution in [2.45, 2.75) is 26.0 Å². The molecule has 1 amide bonds. The van der Waals surface area contributed by atoms with Crippen LogP contribution < -0.4 is 10.1 Å². The van der Waals surface area contributed by atoms with Gasteiger partial charge in [0.25, 0.3) is 5.91 Å². The van der Waals surface area contributed by atoms with Crippen LogP contribution in [0.3, 0.4) is 0 Å². The van der Waals surface area contributed by atoms with E-state index in [1.807, 2.05) is 67.6 Å². The smallest absolute Gasteiger partial charge is 0.261 e. The van der Waals surface area contributed by atoms with Gasteiger partial charge in [0.2, 0.25) is 0 Å². The summed E-state index contributed by atoms with van der Waals surface area (Å²) in [5.74, 6) is 0.634. The van der Waals surface area contributed by atoms with Crippen LogP contribution in [-0.4, -0.2) is 12.0 Å². The molecule has 0 saturated heterocycles. The van der Waals surface area contributed by atoms with E-state index in [9.17, 15) is 4.79 Å². The van der Waals surface area contributed by atoms with E-state index in [0.29, 0.717) is 18.7 Å². The molecule has 0 heterocycles. The maximum Gasteiger partial charge on any atom is 0.261 e. The normalized spacial score (nSPS) is 11.7. The topological polar surface area (TPSA) is 38.3 Å². The minimum Gasteiger partial charge on any atom is -0.481 e. The molecule has 0 aliphatic carbocycles. The van der Waals surface area contributed by atoms with E-state index >= 15 is 0 Å². The number of amides is 1. The molecule has 1 atom stereocenters. The molecule has 0 aromatic heterocycles. The maximum atomic E-state index is 12.1. The molecule has 104 valence electrons. The van der Waals surface area contributed by atoms with Crippen molar-refractivity contribution in [2.24, 2.45) is 0 Å². The minimum absolute atomic E-state index is 0.0831. The lowest BCUT2D eigenvalue weighted by Crippen LogP contribution is -2.37. The molecule has 1 unspecified atom stereocenters. The van der Waals surface area contributed by atoms with Gasteiger partial charge in [-0.3, -0.25) is 4.79 Å². The van der Waals surface area contributed by atoms with Crippen molar-refractivity contribution in [1.82, 2.24) is 5.32 Å². The molecule has 20 heavy (non-hydrogen) atoms. The van der Waals surface area contributed by atoms with Crippen molar-refractivity contribution in [3.63, 3.8) is 0 Å². The number of carbonyl (C=O) groups is 1. The third-order valence-corrected chi connectivity index (χ3v) is 2.99. The average molecular weight is 269 g/mol. The fourth-order valence-electron chi connectivity index (χ4n) is 1.88. The van der Waals surface area contributed by atoms with Crippen molar-refractivity contribution in [3.8, 4) is 5.75 Å². The van der Waals surface area contributed by atoms with Crippen molar-refractivity contribution in [1.29, 1.82) is 0 Å². The Balaban J connectivity index is 1.89. The molecule has 0 aliphatic heterocycles. The van der Waals surface area contributed by atoms with E-state index in [1.54, 1.807) is 0 Å². The Kier molecular flexibility index (Phi) is 5.18. The summed E-state index contributed by atoms with van der Waals surface area (Å²) in [4.78, 5) is 12.1. The third kappa shape index (κ3) is 4.12. The molecular weight excluding hydrogens is 250 g/mol. The number of benzene rings is 2. The fourth-order valence-corrected chi connectivity index (χ4v) is 1.88. The van der Waals surface area contributed by atoms with Crippen LogP contribution in [0.5, 0.6) is 5.75 Å². The summed E-state index contributed by atoms with van der Waals surface area (Å²) in [5, 5.41) is 2.91. The van der Waals surface area contributed by atoms with Gasteiger partial charge in [-0.05, 0) is 24.1 Å². The zero-order valence-corrected chi connectivity index (χ0v) is 11.6. The van der Waals surface area contributed by atoms with Crippen LogP contribution in [0.15, 0.2) is 60.7 Å². The van der Waals surface area contributed by atoms with Crippen LogP contribution in [0.25, 0.3) is 0 Å². The molecule has 0 spiro atoms. The van der Waals surface area contributed by atoms with Crippen molar-refractivity contribution < 1.29 is 9.53 Å². The highest BCUT2D eigenvalue weighted by Crippen LogP contribution is 2.12. The number of rotatable bonds is 6. The number of hydrogen-bond acceptors (Lipinski definition) is 2. The molecule has 0 fully saturated rings. The molecule has 1 N–H and O–H groups in total. The van der Waals surface area contributed by atoms with E-state index in [4.69, 9.17) is 4.74 Å². The highest BCUT2D eigenvalue weighted by atomic mass is 16.5. The fraction of sp³-hybridized carbons (Fsp3) is 0.235. The molecule has 2 aromatic carbocycles. The van der Waals surface area contributed by atoms with Crippen molar-refractivity contribution in [2.75, 3.05) is 0 Å². The Bertz CT molecular complexity index is 525.